The van der Waals surface area contributed by atoms with Crippen molar-refractivity contribution in [2.24, 2.45) is 0 Å². The van der Waals surface area contributed by atoms with Crippen molar-refractivity contribution in [2.45, 2.75) is 19.0 Å². The highest BCUT2D eigenvalue weighted by atomic mass is 16.5. The average Bonchev–Trinajstić information content (AvgIpc) is 2.82. The molecule has 0 saturated carbocycles. The highest BCUT2D eigenvalue weighted by Crippen LogP contribution is 2.28. The molecule has 0 spiro atoms. The summed E-state index contributed by atoms with van der Waals surface area (Å²) in [5, 5.41) is 9.75. The molecule has 2 aliphatic heterocycles. The van der Waals surface area contributed by atoms with E-state index in [1.165, 1.54) is 0 Å². The van der Waals surface area contributed by atoms with Gasteiger partial charge in [0.25, 0.3) is 11.8 Å². The summed E-state index contributed by atoms with van der Waals surface area (Å²) in [5.41, 5.74) is 1.32. The van der Waals surface area contributed by atoms with E-state index in [4.69, 9.17) is 4.74 Å². The molecule has 1 fully saturated rings. The first-order valence-corrected chi connectivity index (χ1v) is 6.95. The lowest BCUT2D eigenvalue weighted by Gasteiger charge is -2.18. The lowest BCUT2D eigenvalue weighted by atomic mass is 10.1. The van der Waals surface area contributed by atoms with Crippen molar-refractivity contribution in [3.05, 3.63) is 23.8 Å². The van der Waals surface area contributed by atoms with Crippen LogP contribution in [0, 0.1) is 0 Å². The third-order valence-electron chi connectivity index (χ3n) is 3.41. The molecule has 0 bridgehead atoms. The van der Waals surface area contributed by atoms with E-state index in [-0.39, 0.29) is 31.4 Å². The fraction of sp³-hybridized carbons (Fsp3) is 0.286. The number of hydrogen-bond donors (Lipinski definition) is 4. The van der Waals surface area contributed by atoms with Gasteiger partial charge in [0.2, 0.25) is 5.91 Å². The highest BCUT2D eigenvalue weighted by molar-refractivity contribution is 6.05. The molecule has 0 aliphatic carbocycles. The van der Waals surface area contributed by atoms with Crippen molar-refractivity contribution in [2.75, 3.05) is 11.9 Å². The quantitative estimate of drug-likeness (QED) is 0.543. The average molecular weight is 318 g/mol. The van der Waals surface area contributed by atoms with E-state index >= 15 is 0 Å². The predicted octanol–water partition coefficient (Wildman–Crippen LogP) is -0.768. The van der Waals surface area contributed by atoms with Crippen LogP contribution in [0.5, 0.6) is 5.75 Å². The fourth-order valence-corrected chi connectivity index (χ4v) is 2.30. The number of ether oxygens (including phenoxy) is 1. The van der Waals surface area contributed by atoms with Gasteiger partial charge >= 0.3 is 6.03 Å². The Morgan fingerprint density at radius 2 is 2.09 bits per heavy atom. The second kappa shape index (κ2) is 5.95. The van der Waals surface area contributed by atoms with E-state index in [0.717, 1.165) is 5.56 Å². The van der Waals surface area contributed by atoms with E-state index in [9.17, 15) is 19.2 Å². The molecule has 1 unspecified atom stereocenters. The van der Waals surface area contributed by atoms with Crippen LogP contribution in [0.4, 0.5) is 10.5 Å². The van der Waals surface area contributed by atoms with Crippen molar-refractivity contribution in [3.8, 4) is 5.75 Å². The second-order valence-electron chi connectivity index (χ2n) is 5.16. The van der Waals surface area contributed by atoms with Crippen molar-refractivity contribution in [1.82, 2.24) is 16.0 Å². The van der Waals surface area contributed by atoms with Gasteiger partial charge in [-0.1, -0.05) is 6.07 Å². The van der Waals surface area contributed by atoms with Gasteiger partial charge in [0.15, 0.2) is 6.61 Å². The Morgan fingerprint density at radius 1 is 1.26 bits per heavy atom. The molecular weight excluding hydrogens is 304 g/mol. The van der Waals surface area contributed by atoms with Gasteiger partial charge < -0.3 is 20.7 Å². The van der Waals surface area contributed by atoms with Crippen molar-refractivity contribution >= 4 is 29.4 Å². The Labute approximate surface area is 130 Å². The summed E-state index contributed by atoms with van der Waals surface area (Å²) in [6.07, 6.45) is -0.137. The molecular formula is C14H14N4O5. The molecule has 4 N–H and O–H groups in total. The van der Waals surface area contributed by atoms with Crippen molar-refractivity contribution in [3.63, 3.8) is 0 Å². The number of benzene rings is 1. The number of imide groups is 1. The summed E-state index contributed by atoms with van der Waals surface area (Å²) >= 11 is 0. The summed E-state index contributed by atoms with van der Waals surface area (Å²) < 4.78 is 5.24. The van der Waals surface area contributed by atoms with Gasteiger partial charge in [-0.05, 0) is 17.7 Å². The van der Waals surface area contributed by atoms with Gasteiger partial charge in [-0.2, -0.15) is 0 Å². The molecule has 1 aromatic carbocycles. The molecule has 9 nitrogen and oxygen atoms in total. The molecule has 1 atom stereocenters. The standard InChI is InChI=1S/C14H14N4O5/c19-11(4-9-13(21)18-14(22)17-9)15-5-7-1-2-10-8(3-7)16-12(20)6-23-10/h1-3,9H,4-6H2,(H,15,19)(H,16,20)(H2,17,18,21,22). The number of nitrogens with one attached hydrogen (secondary N) is 4. The van der Waals surface area contributed by atoms with Gasteiger partial charge in [0, 0.05) is 6.54 Å². The Bertz CT molecular complexity index is 702. The first-order valence-electron chi connectivity index (χ1n) is 6.95. The summed E-state index contributed by atoms with van der Waals surface area (Å²) in [6.45, 7) is 0.211. The maximum atomic E-state index is 11.8. The van der Waals surface area contributed by atoms with Gasteiger partial charge in [0.1, 0.15) is 11.8 Å². The summed E-state index contributed by atoms with van der Waals surface area (Å²) in [7, 11) is 0. The van der Waals surface area contributed by atoms with Crippen LogP contribution in [0.3, 0.4) is 0 Å². The molecule has 23 heavy (non-hydrogen) atoms. The number of hydrogen-bond acceptors (Lipinski definition) is 5. The molecule has 1 saturated heterocycles. The van der Waals surface area contributed by atoms with Crippen LogP contribution >= 0.6 is 0 Å². The van der Waals surface area contributed by atoms with Gasteiger partial charge in [-0.15, -0.1) is 0 Å². The Balaban J connectivity index is 1.55. The maximum absolute atomic E-state index is 11.8. The summed E-state index contributed by atoms with van der Waals surface area (Å²) in [4.78, 5) is 45.4. The summed E-state index contributed by atoms with van der Waals surface area (Å²) in [6, 6.07) is 3.73. The van der Waals surface area contributed by atoms with Crippen LogP contribution in [0.1, 0.15) is 12.0 Å². The number of carbonyl (C=O) groups is 4. The fourth-order valence-electron chi connectivity index (χ4n) is 2.30. The molecule has 120 valence electrons. The van der Waals surface area contributed by atoms with E-state index in [1.54, 1.807) is 18.2 Å². The number of urea groups is 1. The molecule has 0 radical (unpaired) electrons. The minimum Gasteiger partial charge on any atom is -0.482 e. The lowest BCUT2D eigenvalue weighted by molar-refractivity contribution is -0.126. The number of amides is 5. The first-order chi connectivity index (χ1) is 11.0. The van der Waals surface area contributed by atoms with E-state index in [2.05, 4.69) is 21.3 Å². The molecule has 5 amide bonds. The Kier molecular flexibility index (Phi) is 3.83. The van der Waals surface area contributed by atoms with Gasteiger partial charge in [0.05, 0.1) is 12.1 Å². The highest BCUT2D eigenvalue weighted by Gasteiger charge is 2.31. The number of carbonyl (C=O) groups excluding carboxylic acids is 4. The zero-order valence-corrected chi connectivity index (χ0v) is 12.0. The number of fused-ring (bicyclic) bond motifs is 1. The zero-order chi connectivity index (χ0) is 16.4. The minimum atomic E-state index is -0.848. The second-order valence-corrected chi connectivity index (χ2v) is 5.16. The van der Waals surface area contributed by atoms with Crippen LogP contribution in [0.25, 0.3) is 0 Å². The van der Waals surface area contributed by atoms with Crippen LogP contribution < -0.4 is 26.0 Å². The zero-order valence-electron chi connectivity index (χ0n) is 12.0. The summed E-state index contributed by atoms with van der Waals surface area (Å²) in [5.74, 6) is -0.546. The molecule has 2 heterocycles. The lowest BCUT2D eigenvalue weighted by Crippen LogP contribution is -2.36. The monoisotopic (exact) mass is 318 g/mol. The first kappa shape index (κ1) is 14.8. The van der Waals surface area contributed by atoms with Crippen molar-refractivity contribution < 1.29 is 23.9 Å². The van der Waals surface area contributed by atoms with E-state index in [1.807, 2.05) is 0 Å². The largest absolute Gasteiger partial charge is 0.482 e. The molecule has 3 rings (SSSR count). The third-order valence-corrected chi connectivity index (χ3v) is 3.41. The van der Waals surface area contributed by atoms with E-state index in [0.29, 0.717) is 11.4 Å². The smallest absolute Gasteiger partial charge is 0.322 e. The van der Waals surface area contributed by atoms with Crippen LogP contribution in [-0.2, 0) is 20.9 Å². The maximum Gasteiger partial charge on any atom is 0.322 e. The van der Waals surface area contributed by atoms with Crippen LogP contribution in [-0.4, -0.2) is 36.4 Å². The normalized spacial score (nSPS) is 19.1. The van der Waals surface area contributed by atoms with Gasteiger partial charge in [-0.25, -0.2) is 4.79 Å². The topological polar surface area (TPSA) is 126 Å². The van der Waals surface area contributed by atoms with Crippen molar-refractivity contribution in [1.29, 1.82) is 0 Å². The minimum absolute atomic E-state index is 0.0156. The number of anilines is 1. The molecule has 0 aromatic heterocycles. The Morgan fingerprint density at radius 3 is 2.83 bits per heavy atom. The van der Waals surface area contributed by atoms with Crippen LogP contribution in [0.2, 0.25) is 0 Å². The number of rotatable bonds is 4. The van der Waals surface area contributed by atoms with Gasteiger partial charge in [-0.3, -0.25) is 19.7 Å². The SMILES string of the molecule is O=C(CC1NC(=O)NC1=O)NCc1ccc2c(c1)NC(=O)CO2. The molecule has 9 heteroatoms. The van der Waals surface area contributed by atoms with E-state index < -0.39 is 18.0 Å². The molecule has 1 aromatic rings. The third kappa shape index (κ3) is 3.39. The predicted molar refractivity (Wildman–Crippen MR) is 77.5 cm³/mol. The Hall–Kier alpha value is -3.10. The van der Waals surface area contributed by atoms with Crippen LogP contribution in [0.15, 0.2) is 18.2 Å². The molecule has 2 aliphatic rings.